The van der Waals surface area contributed by atoms with Crippen molar-refractivity contribution >= 4 is 27.5 Å². The lowest BCUT2D eigenvalue weighted by Crippen LogP contribution is -2.02. The monoisotopic (exact) mass is 249 g/mol. The van der Waals surface area contributed by atoms with Crippen LogP contribution in [0.4, 0.5) is 0 Å². The molecule has 0 heterocycles. The van der Waals surface area contributed by atoms with Gasteiger partial charge >= 0.3 is 0 Å². The summed E-state index contributed by atoms with van der Waals surface area (Å²) in [5, 5.41) is 0. The molecular weight excluding hydrogens is 244 g/mol. The summed E-state index contributed by atoms with van der Waals surface area (Å²) in [6.07, 6.45) is 0.194. The molecule has 0 spiro atoms. The molecule has 0 amide bonds. The summed E-state index contributed by atoms with van der Waals surface area (Å²) in [6.45, 7) is 0. The third-order valence-corrected chi connectivity index (χ3v) is 3.17. The highest BCUT2D eigenvalue weighted by Gasteiger charge is 2.12. The molecule has 1 rings (SSSR count). The number of hydrogen-bond donors (Lipinski definition) is 1. The molecule has 82 valence electrons. The highest BCUT2D eigenvalue weighted by atomic mass is 32.2. The minimum atomic E-state index is -4.44. The Kier molecular flexibility index (Phi) is 3.35. The Morgan fingerprint density at radius 2 is 2.00 bits per heavy atom. The molecule has 1 unspecified atom stereocenters. The SMILES string of the molecule is O=Cc1cc(S(=O)(=O)O)ccc1S(=O)[O-]. The molecule has 0 fully saturated rings. The van der Waals surface area contributed by atoms with Crippen molar-refractivity contribution in [1.29, 1.82) is 0 Å². The van der Waals surface area contributed by atoms with Gasteiger partial charge in [0, 0.05) is 10.5 Å². The van der Waals surface area contributed by atoms with E-state index in [4.69, 9.17) is 4.55 Å². The van der Waals surface area contributed by atoms with E-state index >= 15 is 0 Å². The molecule has 6 nitrogen and oxygen atoms in total. The van der Waals surface area contributed by atoms with Crippen molar-refractivity contribution in [3.8, 4) is 0 Å². The third kappa shape index (κ3) is 2.69. The summed E-state index contributed by atoms with van der Waals surface area (Å²) < 4.78 is 51.1. The second-order valence-corrected chi connectivity index (χ2v) is 4.86. The number of carbonyl (C=O) groups is 1. The van der Waals surface area contributed by atoms with Gasteiger partial charge in [0.2, 0.25) is 0 Å². The van der Waals surface area contributed by atoms with Gasteiger partial charge in [-0.1, -0.05) is 0 Å². The Hall–Kier alpha value is -1.09. The van der Waals surface area contributed by atoms with E-state index in [9.17, 15) is 22.0 Å². The zero-order chi connectivity index (χ0) is 11.6. The summed E-state index contributed by atoms with van der Waals surface area (Å²) in [5.74, 6) is 0. The molecule has 0 aromatic heterocycles. The first-order chi connectivity index (χ1) is 6.86. The van der Waals surface area contributed by atoms with Crippen molar-refractivity contribution in [3.63, 3.8) is 0 Å². The van der Waals surface area contributed by atoms with Gasteiger partial charge in [0.15, 0.2) is 6.29 Å². The molecule has 1 aromatic rings. The highest BCUT2D eigenvalue weighted by molar-refractivity contribution is 7.85. The van der Waals surface area contributed by atoms with Crippen molar-refractivity contribution in [3.05, 3.63) is 23.8 Å². The second kappa shape index (κ2) is 4.19. The van der Waals surface area contributed by atoms with Gasteiger partial charge in [-0.05, 0) is 29.3 Å². The lowest BCUT2D eigenvalue weighted by atomic mass is 10.2. The van der Waals surface area contributed by atoms with E-state index in [1.807, 2.05) is 0 Å². The largest absolute Gasteiger partial charge is 0.768 e. The molecular formula is C7H5O6S2-. The van der Waals surface area contributed by atoms with Crippen molar-refractivity contribution < 1.29 is 26.5 Å². The smallest absolute Gasteiger partial charge is 0.294 e. The second-order valence-electron chi connectivity index (χ2n) is 2.53. The lowest BCUT2D eigenvalue weighted by Gasteiger charge is -2.08. The van der Waals surface area contributed by atoms with E-state index in [-0.39, 0.29) is 16.7 Å². The third-order valence-electron chi connectivity index (χ3n) is 1.59. The molecule has 1 aromatic carbocycles. The van der Waals surface area contributed by atoms with Crippen LogP contribution in [0.25, 0.3) is 0 Å². The Labute approximate surface area is 88.0 Å². The fourth-order valence-electron chi connectivity index (χ4n) is 0.931. The van der Waals surface area contributed by atoms with E-state index in [1.165, 1.54) is 0 Å². The highest BCUT2D eigenvalue weighted by Crippen LogP contribution is 2.16. The molecule has 0 bridgehead atoms. The number of benzene rings is 1. The minimum absolute atomic E-state index is 0.194. The summed E-state index contributed by atoms with van der Waals surface area (Å²) in [6, 6.07) is 2.61. The minimum Gasteiger partial charge on any atom is -0.768 e. The topological polar surface area (TPSA) is 112 Å². The van der Waals surface area contributed by atoms with E-state index in [2.05, 4.69) is 0 Å². The first kappa shape index (κ1) is 12.0. The predicted molar refractivity (Wildman–Crippen MR) is 48.8 cm³/mol. The van der Waals surface area contributed by atoms with Gasteiger partial charge in [-0.15, -0.1) is 0 Å². The summed E-state index contributed by atoms with van der Waals surface area (Å²) in [4.78, 5) is 9.61. The van der Waals surface area contributed by atoms with Gasteiger partial charge < -0.3 is 4.55 Å². The van der Waals surface area contributed by atoms with Gasteiger partial charge in [-0.3, -0.25) is 13.6 Å². The summed E-state index contributed by atoms with van der Waals surface area (Å²) in [5.41, 5.74) is -0.321. The van der Waals surface area contributed by atoms with Crippen LogP contribution in [0.15, 0.2) is 28.0 Å². The molecule has 0 aliphatic rings. The molecule has 0 radical (unpaired) electrons. The van der Waals surface area contributed by atoms with Crippen LogP contribution in [0.5, 0.6) is 0 Å². The van der Waals surface area contributed by atoms with Crippen LogP contribution in [0.2, 0.25) is 0 Å². The molecule has 0 aliphatic heterocycles. The zero-order valence-electron chi connectivity index (χ0n) is 7.11. The fraction of sp³-hybridized carbons (Fsp3) is 0. The maximum absolute atomic E-state index is 10.7. The zero-order valence-corrected chi connectivity index (χ0v) is 8.75. The molecule has 8 heteroatoms. The molecule has 0 saturated carbocycles. The predicted octanol–water partition coefficient (Wildman–Crippen LogP) is -0.0162. The van der Waals surface area contributed by atoms with Crippen molar-refractivity contribution in [2.75, 3.05) is 0 Å². The number of rotatable bonds is 3. The van der Waals surface area contributed by atoms with Gasteiger partial charge in [0.05, 0.1) is 4.90 Å². The van der Waals surface area contributed by atoms with Crippen LogP contribution in [0, 0.1) is 0 Å². The van der Waals surface area contributed by atoms with Gasteiger partial charge in [-0.2, -0.15) is 8.42 Å². The lowest BCUT2D eigenvalue weighted by molar-refractivity contribution is 0.112. The van der Waals surface area contributed by atoms with E-state index in [0.29, 0.717) is 0 Å². The van der Waals surface area contributed by atoms with Gasteiger partial charge in [-0.25, -0.2) is 0 Å². The summed E-state index contributed by atoms with van der Waals surface area (Å²) in [7, 11) is -4.44. The fourth-order valence-corrected chi connectivity index (χ4v) is 1.93. The van der Waals surface area contributed by atoms with Crippen LogP contribution in [0.1, 0.15) is 10.4 Å². The Bertz CT molecular complexity index is 518. The van der Waals surface area contributed by atoms with Crippen molar-refractivity contribution in [2.24, 2.45) is 0 Å². The Morgan fingerprint density at radius 3 is 2.40 bits per heavy atom. The normalized spacial score (nSPS) is 13.5. The van der Waals surface area contributed by atoms with Crippen molar-refractivity contribution in [2.45, 2.75) is 9.79 Å². The first-order valence-corrected chi connectivity index (χ1v) is 6.03. The van der Waals surface area contributed by atoms with Gasteiger partial charge in [0.1, 0.15) is 0 Å². The average Bonchev–Trinajstić information content (AvgIpc) is 2.15. The first-order valence-electron chi connectivity index (χ1n) is 3.52. The van der Waals surface area contributed by atoms with Crippen molar-refractivity contribution in [1.82, 2.24) is 0 Å². The standard InChI is InChI=1S/C7H6O6S2/c8-4-5-3-6(15(11,12)13)1-2-7(5)14(9)10/h1-4H,(H,9,10)(H,11,12,13)/p-1. The molecule has 15 heavy (non-hydrogen) atoms. The maximum Gasteiger partial charge on any atom is 0.294 e. The van der Waals surface area contributed by atoms with E-state index < -0.39 is 26.1 Å². The average molecular weight is 249 g/mol. The Balaban J connectivity index is 3.45. The number of carbonyl (C=O) groups excluding carboxylic acids is 1. The van der Waals surface area contributed by atoms with Crippen LogP contribution < -0.4 is 0 Å². The van der Waals surface area contributed by atoms with Crippen LogP contribution in [-0.4, -0.2) is 28.0 Å². The molecule has 1 N–H and O–H groups in total. The molecule has 0 aliphatic carbocycles. The Morgan fingerprint density at radius 1 is 1.40 bits per heavy atom. The maximum atomic E-state index is 10.7. The van der Waals surface area contributed by atoms with Crippen LogP contribution in [0.3, 0.4) is 0 Å². The molecule has 0 saturated heterocycles. The van der Waals surface area contributed by atoms with Gasteiger partial charge in [0.25, 0.3) is 10.1 Å². The van der Waals surface area contributed by atoms with Crippen LogP contribution >= 0.6 is 0 Å². The molecule has 1 atom stereocenters. The van der Waals surface area contributed by atoms with Crippen LogP contribution in [-0.2, 0) is 21.2 Å². The summed E-state index contributed by atoms with van der Waals surface area (Å²) >= 11 is -2.63. The quantitative estimate of drug-likeness (QED) is 0.458. The van der Waals surface area contributed by atoms with E-state index in [1.54, 1.807) is 0 Å². The number of hydrogen-bond acceptors (Lipinski definition) is 5. The number of aldehydes is 1. The van der Waals surface area contributed by atoms with E-state index in [0.717, 1.165) is 18.2 Å².